The van der Waals surface area contributed by atoms with Gasteiger partial charge in [-0.1, -0.05) is 0 Å². The smallest absolute Gasteiger partial charge is 0.315 e. The highest BCUT2D eigenvalue weighted by atomic mass is 16.2. The molecule has 5 fully saturated rings. The molecule has 0 aromatic carbocycles. The molecule has 1 aromatic heterocycles. The Balaban J connectivity index is 0.997. The summed E-state index contributed by atoms with van der Waals surface area (Å²) in [6, 6.07) is 1.91. The van der Waals surface area contributed by atoms with Gasteiger partial charge in [0.1, 0.15) is 0 Å². The van der Waals surface area contributed by atoms with E-state index in [0.29, 0.717) is 0 Å². The van der Waals surface area contributed by atoms with E-state index in [1.807, 2.05) is 6.07 Å². The first kappa shape index (κ1) is 19.1. The molecule has 158 valence electrons. The van der Waals surface area contributed by atoms with E-state index >= 15 is 0 Å². The van der Waals surface area contributed by atoms with E-state index in [-0.39, 0.29) is 11.6 Å². The predicted molar refractivity (Wildman–Crippen MR) is 113 cm³/mol. The maximum absolute atomic E-state index is 12.5. The molecule has 1 aliphatic heterocycles. The van der Waals surface area contributed by atoms with Crippen LogP contribution in [0.2, 0.25) is 0 Å². The molecule has 1 saturated heterocycles. The number of nitrogens with zero attached hydrogens (tertiary/aromatic N) is 4. The van der Waals surface area contributed by atoms with Crippen molar-refractivity contribution in [3.8, 4) is 0 Å². The Morgan fingerprint density at radius 2 is 1.62 bits per heavy atom. The second-order valence-corrected chi connectivity index (χ2v) is 9.81. The van der Waals surface area contributed by atoms with E-state index in [4.69, 9.17) is 0 Å². The van der Waals surface area contributed by atoms with Crippen LogP contribution in [-0.4, -0.2) is 65.7 Å². The fourth-order valence-corrected chi connectivity index (χ4v) is 6.68. The molecule has 6 rings (SSSR count). The molecule has 5 aliphatic rings. The van der Waals surface area contributed by atoms with Crippen molar-refractivity contribution in [2.24, 2.45) is 17.8 Å². The molecule has 4 bridgehead atoms. The predicted octanol–water partition coefficient (Wildman–Crippen LogP) is 2.26. The fraction of sp³-hybridized carbons (Fsp3) is 0.773. The second-order valence-electron chi connectivity index (χ2n) is 9.81. The van der Waals surface area contributed by atoms with E-state index in [0.717, 1.165) is 69.4 Å². The van der Waals surface area contributed by atoms with Crippen molar-refractivity contribution in [2.45, 2.75) is 50.5 Å². The zero-order valence-corrected chi connectivity index (χ0v) is 17.4. The van der Waals surface area contributed by atoms with E-state index in [9.17, 15) is 4.79 Å². The van der Waals surface area contributed by atoms with Crippen molar-refractivity contribution < 1.29 is 4.79 Å². The van der Waals surface area contributed by atoms with Crippen LogP contribution < -0.4 is 15.5 Å². The van der Waals surface area contributed by atoms with Gasteiger partial charge in [-0.2, -0.15) is 0 Å². The van der Waals surface area contributed by atoms with Crippen LogP contribution >= 0.6 is 0 Å². The van der Waals surface area contributed by atoms with Crippen molar-refractivity contribution in [3.63, 3.8) is 0 Å². The van der Waals surface area contributed by atoms with Gasteiger partial charge in [0.25, 0.3) is 0 Å². The van der Waals surface area contributed by atoms with Crippen LogP contribution in [0.3, 0.4) is 0 Å². The number of hydrogen-bond acceptors (Lipinski definition) is 5. The van der Waals surface area contributed by atoms with Crippen molar-refractivity contribution in [2.75, 3.05) is 44.2 Å². The quantitative estimate of drug-likeness (QED) is 0.719. The maximum Gasteiger partial charge on any atom is 0.315 e. The van der Waals surface area contributed by atoms with Gasteiger partial charge in [0.2, 0.25) is 5.95 Å². The average Bonchev–Trinajstić information content (AvgIpc) is 2.71. The Bertz CT molecular complexity index is 667. The number of aromatic nitrogens is 2. The van der Waals surface area contributed by atoms with Gasteiger partial charge in [-0.3, -0.25) is 4.90 Å². The average molecular weight is 399 g/mol. The topological polar surface area (TPSA) is 73.4 Å². The Labute approximate surface area is 173 Å². The third kappa shape index (κ3) is 4.34. The van der Waals surface area contributed by atoms with Crippen molar-refractivity contribution in [3.05, 3.63) is 18.5 Å². The standard InChI is InChI=1S/C22H34N6O/c29-21(26-22-14-17-11-18(15-22)13-19(12-17)16-22)25-5-2-6-27-7-9-28(10-8-27)20-23-3-1-4-24-20/h1,3-4,17-19H,2,5-16H2,(H2,25,26,29). The fourth-order valence-electron chi connectivity index (χ4n) is 6.68. The molecular weight excluding hydrogens is 364 g/mol. The molecular formula is C22H34N6O. The number of urea groups is 1. The second kappa shape index (κ2) is 8.09. The normalized spacial score (nSPS) is 33.7. The summed E-state index contributed by atoms with van der Waals surface area (Å²) in [7, 11) is 0. The molecule has 4 saturated carbocycles. The van der Waals surface area contributed by atoms with Crippen LogP contribution in [0.15, 0.2) is 18.5 Å². The third-order valence-corrected chi connectivity index (χ3v) is 7.56. The molecule has 7 heteroatoms. The minimum Gasteiger partial charge on any atom is -0.338 e. The lowest BCUT2D eigenvalue weighted by molar-refractivity contribution is -0.0135. The summed E-state index contributed by atoms with van der Waals surface area (Å²) in [5.74, 6) is 3.42. The van der Waals surface area contributed by atoms with E-state index in [2.05, 4.69) is 30.4 Å². The lowest BCUT2D eigenvalue weighted by atomic mass is 9.53. The zero-order chi connectivity index (χ0) is 19.7. The molecule has 2 heterocycles. The van der Waals surface area contributed by atoms with Crippen molar-refractivity contribution in [1.29, 1.82) is 0 Å². The van der Waals surface area contributed by atoms with Crippen LogP contribution in [0.1, 0.15) is 44.9 Å². The summed E-state index contributed by atoms with van der Waals surface area (Å²) in [6.45, 7) is 5.75. The number of carbonyl (C=O) groups excluding carboxylic acids is 1. The van der Waals surface area contributed by atoms with Crippen LogP contribution in [0.4, 0.5) is 10.7 Å². The molecule has 2 N–H and O–H groups in total. The molecule has 0 atom stereocenters. The first-order valence-corrected chi connectivity index (χ1v) is 11.5. The summed E-state index contributed by atoms with van der Waals surface area (Å²) in [5.41, 5.74) is 0.106. The summed E-state index contributed by atoms with van der Waals surface area (Å²) in [4.78, 5) is 25.9. The van der Waals surface area contributed by atoms with Crippen LogP contribution in [0.5, 0.6) is 0 Å². The van der Waals surface area contributed by atoms with E-state index < -0.39 is 0 Å². The number of nitrogens with one attached hydrogen (secondary N) is 2. The highest BCUT2D eigenvalue weighted by Crippen LogP contribution is 2.55. The van der Waals surface area contributed by atoms with Crippen molar-refractivity contribution in [1.82, 2.24) is 25.5 Å². The number of piperazine rings is 1. The molecule has 0 spiro atoms. The molecule has 0 radical (unpaired) electrons. The zero-order valence-electron chi connectivity index (χ0n) is 17.4. The first-order chi connectivity index (χ1) is 14.2. The SMILES string of the molecule is O=C(NCCCN1CCN(c2ncccn2)CC1)NC12CC3CC(CC(C3)C1)C2. The number of hydrogen-bond donors (Lipinski definition) is 2. The summed E-state index contributed by atoms with van der Waals surface area (Å²) in [5, 5.41) is 6.53. The monoisotopic (exact) mass is 398 g/mol. The van der Waals surface area contributed by atoms with E-state index in [1.54, 1.807) is 12.4 Å². The molecule has 0 unspecified atom stereocenters. The highest BCUT2D eigenvalue weighted by molar-refractivity contribution is 5.74. The highest BCUT2D eigenvalue weighted by Gasteiger charge is 2.51. The van der Waals surface area contributed by atoms with Gasteiger partial charge >= 0.3 is 6.03 Å². The van der Waals surface area contributed by atoms with Crippen molar-refractivity contribution >= 4 is 12.0 Å². The lowest BCUT2D eigenvalue weighted by Gasteiger charge is -2.56. The van der Waals surface area contributed by atoms with Gasteiger partial charge < -0.3 is 15.5 Å². The van der Waals surface area contributed by atoms with Gasteiger partial charge in [0.05, 0.1) is 0 Å². The number of rotatable bonds is 6. The largest absolute Gasteiger partial charge is 0.338 e. The summed E-state index contributed by atoms with van der Waals surface area (Å²) in [6.07, 6.45) is 12.5. The van der Waals surface area contributed by atoms with Gasteiger partial charge in [-0.25, -0.2) is 14.8 Å². The third-order valence-electron chi connectivity index (χ3n) is 7.56. The Kier molecular flexibility index (Phi) is 5.33. The first-order valence-electron chi connectivity index (χ1n) is 11.5. The molecule has 4 aliphatic carbocycles. The number of amides is 2. The van der Waals surface area contributed by atoms with Gasteiger partial charge in [-0.05, 0) is 75.3 Å². The van der Waals surface area contributed by atoms with Gasteiger partial charge in [0.15, 0.2) is 0 Å². The minimum absolute atomic E-state index is 0.0537. The summed E-state index contributed by atoms with van der Waals surface area (Å²) >= 11 is 0. The Hall–Kier alpha value is -1.89. The number of anilines is 1. The van der Waals surface area contributed by atoms with E-state index in [1.165, 1.54) is 38.5 Å². The molecule has 7 nitrogen and oxygen atoms in total. The van der Waals surface area contributed by atoms with Crippen LogP contribution in [0, 0.1) is 17.8 Å². The summed E-state index contributed by atoms with van der Waals surface area (Å²) < 4.78 is 0. The Morgan fingerprint density at radius 3 is 2.24 bits per heavy atom. The molecule has 2 amide bonds. The van der Waals surface area contributed by atoms with Gasteiger partial charge in [-0.15, -0.1) is 0 Å². The molecule has 1 aromatic rings. The van der Waals surface area contributed by atoms with Crippen LogP contribution in [0.25, 0.3) is 0 Å². The lowest BCUT2D eigenvalue weighted by Crippen LogP contribution is -2.61. The molecule has 29 heavy (non-hydrogen) atoms. The van der Waals surface area contributed by atoms with Gasteiger partial charge in [0, 0.05) is 50.7 Å². The minimum atomic E-state index is 0.0537. The number of carbonyl (C=O) groups is 1. The Morgan fingerprint density at radius 1 is 1.00 bits per heavy atom. The van der Waals surface area contributed by atoms with Crippen LogP contribution in [-0.2, 0) is 0 Å². The maximum atomic E-state index is 12.5.